The molecule has 3 rings (SSSR count). The zero-order valence-corrected chi connectivity index (χ0v) is 15.1. The van der Waals surface area contributed by atoms with Crippen LogP contribution >= 0.6 is 22.9 Å². The van der Waals surface area contributed by atoms with E-state index in [2.05, 4.69) is 26.3 Å². The molecule has 0 bridgehead atoms. The Hall–Kier alpha value is -1.37. The van der Waals surface area contributed by atoms with Gasteiger partial charge in [-0.15, -0.1) is 11.3 Å². The topological polar surface area (TPSA) is 44.3 Å². The fourth-order valence-electron chi connectivity index (χ4n) is 2.85. The summed E-state index contributed by atoms with van der Waals surface area (Å²) < 4.78 is 0.865. The number of hydrogen-bond acceptors (Lipinski definition) is 6. The van der Waals surface area contributed by atoms with Crippen LogP contribution in [0, 0.1) is 0 Å². The lowest BCUT2D eigenvalue weighted by molar-refractivity contribution is 0.210. The van der Waals surface area contributed by atoms with Crippen molar-refractivity contribution in [2.24, 2.45) is 0 Å². The molecule has 0 amide bonds. The molecule has 0 saturated carbocycles. The first-order chi connectivity index (χ1) is 11.1. The number of likely N-dealkylation sites (tertiary alicyclic amines) is 1. The van der Waals surface area contributed by atoms with E-state index in [0.717, 1.165) is 35.6 Å². The van der Waals surface area contributed by atoms with Crippen molar-refractivity contribution in [1.82, 2.24) is 14.9 Å². The highest BCUT2D eigenvalue weighted by Crippen LogP contribution is 2.24. The predicted molar refractivity (Wildman–Crippen MR) is 97.6 cm³/mol. The summed E-state index contributed by atoms with van der Waals surface area (Å²) in [6, 6.07) is 6.52. The summed E-state index contributed by atoms with van der Waals surface area (Å²) >= 11 is 7.69. The van der Waals surface area contributed by atoms with Crippen LogP contribution < -0.4 is 10.2 Å². The number of aromatic nitrogens is 2. The van der Waals surface area contributed by atoms with Crippen LogP contribution in [0.3, 0.4) is 0 Å². The fraction of sp³-hybridized carbons (Fsp3) is 0.500. The van der Waals surface area contributed by atoms with Crippen molar-refractivity contribution in [2.75, 3.05) is 37.4 Å². The number of nitrogens with zero attached hydrogens (tertiary/aromatic N) is 4. The average Bonchev–Trinajstić information content (AvgIpc) is 2.93. The maximum atomic E-state index is 6.02. The number of halogens is 1. The molecule has 124 valence electrons. The van der Waals surface area contributed by atoms with E-state index in [1.807, 2.05) is 31.1 Å². The standard InChI is InChI=1S/C16H22ClN5S/c1-21(2)16-8-15(18-11-19-16)20-12-4-3-7-22(9-12)10-13-5-6-14(17)23-13/h5-6,8,11-12H,3-4,7,9-10H2,1-2H3,(H,18,19,20). The first-order valence-corrected chi connectivity index (χ1v) is 9.02. The first kappa shape index (κ1) is 16.5. The zero-order valence-electron chi connectivity index (χ0n) is 13.5. The van der Waals surface area contributed by atoms with Crippen LogP contribution in [0.5, 0.6) is 0 Å². The largest absolute Gasteiger partial charge is 0.366 e. The molecule has 1 N–H and O–H groups in total. The lowest BCUT2D eigenvalue weighted by Gasteiger charge is -2.33. The average molecular weight is 352 g/mol. The summed E-state index contributed by atoms with van der Waals surface area (Å²) in [4.78, 5) is 14.4. The molecule has 0 aromatic carbocycles. The van der Waals surface area contributed by atoms with Crippen LogP contribution in [-0.4, -0.2) is 48.1 Å². The maximum absolute atomic E-state index is 6.02. The smallest absolute Gasteiger partial charge is 0.133 e. The van der Waals surface area contributed by atoms with Crippen LogP contribution in [0.1, 0.15) is 17.7 Å². The molecule has 3 heterocycles. The SMILES string of the molecule is CN(C)c1cc(NC2CCCN(Cc3ccc(Cl)s3)C2)ncn1. The van der Waals surface area contributed by atoms with E-state index in [4.69, 9.17) is 11.6 Å². The van der Waals surface area contributed by atoms with Gasteiger partial charge in [0.2, 0.25) is 0 Å². The predicted octanol–water partition coefficient (Wildman–Crippen LogP) is 3.33. The van der Waals surface area contributed by atoms with Crippen molar-refractivity contribution >= 4 is 34.6 Å². The summed E-state index contributed by atoms with van der Waals surface area (Å²) in [5.74, 6) is 1.82. The van der Waals surface area contributed by atoms with E-state index in [-0.39, 0.29) is 0 Å². The van der Waals surface area contributed by atoms with E-state index in [0.29, 0.717) is 6.04 Å². The van der Waals surface area contributed by atoms with Gasteiger partial charge in [0.1, 0.15) is 18.0 Å². The highest BCUT2D eigenvalue weighted by atomic mass is 35.5. The Kier molecular flexibility index (Phi) is 5.35. The molecule has 0 radical (unpaired) electrons. The van der Waals surface area contributed by atoms with Crippen molar-refractivity contribution in [3.63, 3.8) is 0 Å². The Balaban J connectivity index is 1.59. The Morgan fingerprint density at radius 3 is 3.00 bits per heavy atom. The molecule has 0 spiro atoms. The van der Waals surface area contributed by atoms with Crippen LogP contribution in [0.2, 0.25) is 4.34 Å². The van der Waals surface area contributed by atoms with Gasteiger partial charge in [-0.05, 0) is 31.5 Å². The number of nitrogens with one attached hydrogen (secondary N) is 1. The second-order valence-electron chi connectivity index (χ2n) is 6.08. The molecule has 1 saturated heterocycles. The minimum Gasteiger partial charge on any atom is -0.366 e. The van der Waals surface area contributed by atoms with E-state index < -0.39 is 0 Å². The van der Waals surface area contributed by atoms with Crippen LogP contribution in [0.25, 0.3) is 0 Å². The van der Waals surface area contributed by atoms with Gasteiger partial charge in [0.15, 0.2) is 0 Å². The summed E-state index contributed by atoms with van der Waals surface area (Å²) in [5, 5.41) is 3.55. The van der Waals surface area contributed by atoms with Gasteiger partial charge in [0.05, 0.1) is 4.34 Å². The van der Waals surface area contributed by atoms with Crippen LogP contribution in [0.15, 0.2) is 24.5 Å². The molecular formula is C16H22ClN5S. The summed E-state index contributed by atoms with van der Waals surface area (Å²) in [6.07, 6.45) is 3.98. The van der Waals surface area contributed by atoms with Crippen molar-refractivity contribution in [1.29, 1.82) is 0 Å². The van der Waals surface area contributed by atoms with Gasteiger partial charge >= 0.3 is 0 Å². The maximum Gasteiger partial charge on any atom is 0.133 e. The second-order valence-corrected chi connectivity index (χ2v) is 7.88. The minimum absolute atomic E-state index is 0.420. The number of piperidine rings is 1. The van der Waals surface area contributed by atoms with Gasteiger partial charge in [0.25, 0.3) is 0 Å². The molecule has 2 aromatic heterocycles. The second kappa shape index (κ2) is 7.47. The van der Waals surface area contributed by atoms with E-state index in [1.54, 1.807) is 17.7 Å². The number of anilines is 2. The van der Waals surface area contributed by atoms with Gasteiger partial charge in [0, 0.05) is 44.2 Å². The Labute approximate surface area is 146 Å². The van der Waals surface area contributed by atoms with Crippen molar-refractivity contribution in [3.8, 4) is 0 Å². The Morgan fingerprint density at radius 1 is 1.39 bits per heavy atom. The third-order valence-corrected chi connectivity index (χ3v) is 5.19. The molecule has 0 aliphatic carbocycles. The number of thiophene rings is 1. The van der Waals surface area contributed by atoms with Gasteiger partial charge < -0.3 is 10.2 Å². The highest BCUT2D eigenvalue weighted by molar-refractivity contribution is 7.16. The quantitative estimate of drug-likeness (QED) is 0.895. The Morgan fingerprint density at radius 2 is 2.26 bits per heavy atom. The third kappa shape index (κ3) is 4.56. The third-order valence-electron chi connectivity index (χ3n) is 3.98. The molecule has 1 fully saturated rings. The van der Waals surface area contributed by atoms with E-state index in [1.165, 1.54) is 17.7 Å². The molecule has 2 aromatic rings. The van der Waals surface area contributed by atoms with Gasteiger partial charge in [-0.3, -0.25) is 4.90 Å². The van der Waals surface area contributed by atoms with Crippen molar-refractivity contribution in [3.05, 3.63) is 33.7 Å². The summed E-state index contributed by atoms with van der Waals surface area (Å²) in [7, 11) is 3.97. The lowest BCUT2D eigenvalue weighted by Crippen LogP contribution is -2.41. The molecule has 23 heavy (non-hydrogen) atoms. The fourth-order valence-corrected chi connectivity index (χ4v) is 3.98. The molecule has 1 atom stereocenters. The van der Waals surface area contributed by atoms with Crippen LogP contribution in [0.4, 0.5) is 11.6 Å². The van der Waals surface area contributed by atoms with Gasteiger partial charge in [-0.25, -0.2) is 9.97 Å². The minimum atomic E-state index is 0.420. The normalized spacial score (nSPS) is 18.8. The monoisotopic (exact) mass is 351 g/mol. The molecule has 1 aliphatic heterocycles. The van der Waals surface area contributed by atoms with Gasteiger partial charge in [-0.1, -0.05) is 11.6 Å². The lowest BCUT2D eigenvalue weighted by atomic mass is 10.1. The summed E-state index contributed by atoms with van der Waals surface area (Å²) in [5.41, 5.74) is 0. The molecule has 1 unspecified atom stereocenters. The summed E-state index contributed by atoms with van der Waals surface area (Å²) in [6.45, 7) is 3.14. The number of rotatable bonds is 5. The molecule has 1 aliphatic rings. The van der Waals surface area contributed by atoms with Crippen LogP contribution in [-0.2, 0) is 6.54 Å². The van der Waals surface area contributed by atoms with Crippen molar-refractivity contribution < 1.29 is 0 Å². The molecule has 7 heteroatoms. The van der Waals surface area contributed by atoms with Gasteiger partial charge in [-0.2, -0.15) is 0 Å². The molecular weight excluding hydrogens is 330 g/mol. The Bertz CT molecular complexity index is 645. The molecule has 5 nitrogen and oxygen atoms in total. The van der Waals surface area contributed by atoms with E-state index >= 15 is 0 Å². The van der Waals surface area contributed by atoms with E-state index in [9.17, 15) is 0 Å². The highest BCUT2D eigenvalue weighted by Gasteiger charge is 2.20. The van der Waals surface area contributed by atoms with Crippen molar-refractivity contribution in [2.45, 2.75) is 25.4 Å². The first-order valence-electron chi connectivity index (χ1n) is 7.82. The zero-order chi connectivity index (χ0) is 16.2. The number of hydrogen-bond donors (Lipinski definition) is 1.